The topological polar surface area (TPSA) is 92.7 Å². The first-order valence-corrected chi connectivity index (χ1v) is 7.46. The SMILES string of the molecule is COc1ccc(CC(=O)O)cc1S(=O)(=O)NC(C)(C)C. The molecule has 7 heteroatoms. The first-order chi connectivity index (χ1) is 9.05. The van der Waals surface area contributed by atoms with Crippen LogP contribution in [0.1, 0.15) is 26.3 Å². The van der Waals surface area contributed by atoms with Crippen molar-refractivity contribution in [2.75, 3.05) is 7.11 Å². The van der Waals surface area contributed by atoms with Gasteiger partial charge in [-0.1, -0.05) is 6.07 Å². The number of hydrogen-bond acceptors (Lipinski definition) is 4. The molecule has 112 valence electrons. The lowest BCUT2D eigenvalue weighted by molar-refractivity contribution is -0.136. The molecule has 0 saturated carbocycles. The van der Waals surface area contributed by atoms with Gasteiger partial charge in [0, 0.05) is 5.54 Å². The number of hydrogen-bond donors (Lipinski definition) is 2. The van der Waals surface area contributed by atoms with E-state index >= 15 is 0 Å². The van der Waals surface area contributed by atoms with Gasteiger partial charge >= 0.3 is 5.97 Å². The second-order valence-corrected chi connectivity index (χ2v) is 7.06. The minimum Gasteiger partial charge on any atom is -0.495 e. The van der Waals surface area contributed by atoms with Crippen LogP contribution in [-0.2, 0) is 21.2 Å². The first-order valence-electron chi connectivity index (χ1n) is 5.98. The van der Waals surface area contributed by atoms with Crippen LogP contribution in [0.2, 0.25) is 0 Å². The van der Waals surface area contributed by atoms with Crippen LogP contribution in [0.5, 0.6) is 5.75 Å². The molecule has 0 aliphatic carbocycles. The number of carbonyl (C=O) groups is 1. The summed E-state index contributed by atoms with van der Waals surface area (Å²) < 4.78 is 32.2. The van der Waals surface area contributed by atoms with Crippen molar-refractivity contribution >= 4 is 16.0 Å². The number of benzene rings is 1. The van der Waals surface area contributed by atoms with Crippen LogP contribution in [0.15, 0.2) is 23.1 Å². The van der Waals surface area contributed by atoms with Gasteiger partial charge in [-0.3, -0.25) is 4.79 Å². The molecule has 0 heterocycles. The molecule has 0 bridgehead atoms. The summed E-state index contributed by atoms with van der Waals surface area (Å²) in [6.45, 7) is 5.16. The summed E-state index contributed by atoms with van der Waals surface area (Å²) in [6, 6.07) is 4.31. The van der Waals surface area contributed by atoms with Crippen LogP contribution >= 0.6 is 0 Å². The van der Waals surface area contributed by atoms with Gasteiger partial charge in [0.2, 0.25) is 10.0 Å². The molecular weight excluding hydrogens is 282 g/mol. The Bertz CT molecular complexity index is 602. The molecule has 20 heavy (non-hydrogen) atoms. The molecule has 1 rings (SSSR count). The average Bonchev–Trinajstić information content (AvgIpc) is 2.25. The third kappa shape index (κ3) is 4.50. The maximum Gasteiger partial charge on any atom is 0.307 e. The molecule has 0 amide bonds. The van der Waals surface area contributed by atoms with Crippen molar-refractivity contribution in [1.29, 1.82) is 0 Å². The smallest absolute Gasteiger partial charge is 0.307 e. The summed E-state index contributed by atoms with van der Waals surface area (Å²) in [4.78, 5) is 10.7. The Morgan fingerprint density at radius 1 is 1.35 bits per heavy atom. The lowest BCUT2D eigenvalue weighted by atomic mass is 10.1. The van der Waals surface area contributed by atoms with E-state index in [4.69, 9.17) is 9.84 Å². The highest BCUT2D eigenvalue weighted by molar-refractivity contribution is 7.89. The quantitative estimate of drug-likeness (QED) is 0.857. The molecular formula is C13H19NO5S. The zero-order chi connectivity index (χ0) is 15.6. The van der Waals surface area contributed by atoms with E-state index in [1.807, 2.05) is 0 Å². The van der Waals surface area contributed by atoms with Gasteiger partial charge in [-0.05, 0) is 38.5 Å². The predicted octanol–water partition coefficient (Wildman–Crippen LogP) is 1.40. The van der Waals surface area contributed by atoms with Gasteiger partial charge < -0.3 is 9.84 Å². The molecule has 0 unspecified atom stereocenters. The van der Waals surface area contributed by atoms with E-state index in [1.54, 1.807) is 20.8 Å². The van der Waals surface area contributed by atoms with E-state index < -0.39 is 21.5 Å². The Hall–Kier alpha value is -1.60. The third-order valence-electron chi connectivity index (χ3n) is 2.31. The molecule has 0 aliphatic heterocycles. The number of sulfonamides is 1. The second-order valence-electron chi connectivity index (χ2n) is 5.41. The summed E-state index contributed by atoms with van der Waals surface area (Å²) in [7, 11) is -2.42. The predicted molar refractivity (Wildman–Crippen MR) is 74.4 cm³/mol. The first kappa shape index (κ1) is 16.5. The van der Waals surface area contributed by atoms with Crippen LogP contribution in [0.3, 0.4) is 0 Å². The highest BCUT2D eigenvalue weighted by Crippen LogP contribution is 2.26. The summed E-state index contributed by atoms with van der Waals surface area (Å²) >= 11 is 0. The van der Waals surface area contributed by atoms with Gasteiger partial charge in [0.05, 0.1) is 13.5 Å². The second kappa shape index (κ2) is 5.80. The Kier molecular flexibility index (Phi) is 4.77. The third-order valence-corrected chi connectivity index (χ3v) is 4.09. The monoisotopic (exact) mass is 301 g/mol. The fraction of sp³-hybridized carbons (Fsp3) is 0.462. The molecule has 1 aromatic rings. The lowest BCUT2D eigenvalue weighted by Gasteiger charge is -2.21. The van der Waals surface area contributed by atoms with E-state index in [0.29, 0.717) is 5.56 Å². The standard InChI is InChI=1S/C13H19NO5S/c1-13(2,3)14-20(17,18)11-7-9(8-12(15)16)5-6-10(11)19-4/h5-7,14H,8H2,1-4H3,(H,15,16). The van der Waals surface area contributed by atoms with Crippen LogP contribution in [0.4, 0.5) is 0 Å². The molecule has 0 aromatic heterocycles. The summed E-state index contributed by atoms with van der Waals surface area (Å²) in [6.07, 6.45) is -0.248. The zero-order valence-corrected chi connectivity index (χ0v) is 12.7. The fourth-order valence-corrected chi connectivity index (χ4v) is 3.31. The summed E-state index contributed by atoms with van der Waals surface area (Å²) in [5, 5.41) is 8.78. The average molecular weight is 301 g/mol. The summed E-state index contributed by atoms with van der Waals surface area (Å²) in [5.74, 6) is -0.849. The van der Waals surface area contributed by atoms with Crippen molar-refractivity contribution in [2.24, 2.45) is 0 Å². The van der Waals surface area contributed by atoms with Crippen molar-refractivity contribution in [3.63, 3.8) is 0 Å². The summed E-state index contributed by atoms with van der Waals surface area (Å²) in [5.41, 5.74) is -0.250. The molecule has 1 aromatic carbocycles. The number of ether oxygens (including phenoxy) is 1. The fourth-order valence-electron chi connectivity index (χ4n) is 1.67. The van der Waals surface area contributed by atoms with Crippen LogP contribution in [0, 0.1) is 0 Å². The molecule has 0 fully saturated rings. The van der Waals surface area contributed by atoms with Crippen LogP contribution < -0.4 is 9.46 Å². The lowest BCUT2D eigenvalue weighted by Crippen LogP contribution is -2.40. The molecule has 0 atom stereocenters. The van der Waals surface area contributed by atoms with Gasteiger partial charge in [-0.25, -0.2) is 13.1 Å². The molecule has 0 saturated heterocycles. The van der Waals surface area contributed by atoms with Gasteiger partial charge in [0.15, 0.2) is 0 Å². The minimum absolute atomic E-state index is 0.0614. The molecule has 0 radical (unpaired) electrons. The van der Waals surface area contributed by atoms with Gasteiger partial charge in [-0.15, -0.1) is 0 Å². The van der Waals surface area contributed by atoms with E-state index in [1.165, 1.54) is 25.3 Å². The van der Waals surface area contributed by atoms with Crippen molar-refractivity contribution in [1.82, 2.24) is 4.72 Å². The van der Waals surface area contributed by atoms with E-state index in [2.05, 4.69) is 4.72 Å². The number of methoxy groups -OCH3 is 1. The van der Waals surface area contributed by atoms with E-state index in [9.17, 15) is 13.2 Å². The zero-order valence-electron chi connectivity index (χ0n) is 11.9. The van der Waals surface area contributed by atoms with Crippen molar-refractivity contribution in [3.05, 3.63) is 23.8 Å². The van der Waals surface area contributed by atoms with Crippen LogP contribution in [-0.4, -0.2) is 32.1 Å². The molecule has 0 spiro atoms. The van der Waals surface area contributed by atoms with E-state index in [-0.39, 0.29) is 17.1 Å². The van der Waals surface area contributed by atoms with Crippen molar-refractivity contribution in [3.8, 4) is 5.75 Å². The van der Waals surface area contributed by atoms with E-state index in [0.717, 1.165) is 0 Å². The van der Waals surface area contributed by atoms with Crippen molar-refractivity contribution in [2.45, 2.75) is 37.6 Å². The number of rotatable bonds is 5. The van der Waals surface area contributed by atoms with Gasteiger partial charge in [0.1, 0.15) is 10.6 Å². The Labute approximate surface area is 118 Å². The van der Waals surface area contributed by atoms with Crippen molar-refractivity contribution < 1.29 is 23.1 Å². The normalized spacial score (nSPS) is 12.2. The number of aliphatic carboxylic acids is 1. The Morgan fingerprint density at radius 2 is 1.95 bits per heavy atom. The Morgan fingerprint density at radius 3 is 2.40 bits per heavy atom. The number of carboxylic acid groups (broad SMARTS) is 1. The minimum atomic E-state index is -3.79. The van der Waals surface area contributed by atoms with Gasteiger partial charge in [0.25, 0.3) is 0 Å². The maximum absolute atomic E-state index is 12.3. The molecule has 6 nitrogen and oxygen atoms in total. The Balaban J connectivity index is 3.30. The number of nitrogens with one attached hydrogen (secondary N) is 1. The number of carboxylic acids is 1. The largest absolute Gasteiger partial charge is 0.495 e. The maximum atomic E-state index is 12.3. The molecule has 2 N–H and O–H groups in total. The molecule has 0 aliphatic rings. The highest BCUT2D eigenvalue weighted by Gasteiger charge is 2.25. The van der Waals surface area contributed by atoms with Gasteiger partial charge in [-0.2, -0.15) is 0 Å². The highest BCUT2D eigenvalue weighted by atomic mass is 32.2. The van der Waals surface area contributed by atoms with Crippen LogP contribution in [0.25, 0.3) is 0 Å².